The third-order valence-electron chi connectivity index (χ3n) is 5.97. The van der Waals surface area contributed by atoms with E-state index in [0.717, 1.165) is 49.5 Å². The Morgan fingerprint density at radius 2 is 1.74 bits per heavy atom. The van der Waals surface area contributed by atoms with Gasteiger partial charge in [0, 0.05) is 29.6 Å². The summed E-state index contributed by atoms with van der Waals surface area (Å²) in [6.07, 6.45) is 5.44. The van der Waals surface area contributed by atoms with Crippen LogP contribution >= 0.6 is 0 Å². The Labute approximate surface area is 183 Å². The van der Waals surface area contributed by atoms with Gasteiger partial charge >= 0.3 is 0 Å². The van der Waals surface area contributed by atoms with E-state index in [9.17, 15) is 4.79 Å². The first-order valence-electron chi connectivity index (χ1n) is 10.9. The first kappa shape index (κ1) is 21.2. The molecule has 7 heteroatoms. The number of aromatic nitrogens is 3. The van der Waals surface area contributed by atoms with Crippen molar-refractivity contribution < 1.29 is 9.53 Å². The van der Waals surface area contributed by atoms with Gasteiger partial charge in [-0.05, 0) is 67.9 Å². The summed E-state index contributed by atoms with van der Waals surface area (Å²) >= 11 is 0. The number of benzene rings is 2. The molecule has 1 amide bonds. The highest BCUT2D eigenvalue weighted by Gasteiger charge is 2.26. The maximum Gasteiger partial charge on any atom is 0.255 e. The topological polar surface area (TPSA) is 72.3 Å². The number of nitrogens with zero attached hydrogens (tertiary/aromatic N) is 4. The van der Waals surface area contributed by atoms with E-state index in [1.165, 1.54) is 0 Å². The summed E-state index contributed by atoms with van der Waals surface area (Å²) < 4.78 is 7.83. The summed E-state index contributed by atoms with van der Waals surface area (Å²) in [6.45, 7) is 7.36. The zero-order valence-corrected chi connectivity index (χ0v) is 18.1. The number of rotatable bonds is 7. The van der Waals surface area contributed by atoms with Gasteiger partial charge in [-0.2, -0.15) is 0 Å². The van der Waals surface area contributed by atoms with Crippen molar-refractivity contribution in [2.45, 2.75) is 38.8 Å². The zero-order chi connectivity index (χ0) is 21.6. The standard InChI is InChI=1S/C24H29N5O2/c1-3-28(4-2)22-13-14-31-23(15-22)18-5-9-20(10-6-18)27-24(30)19-7-11-21(12-8-19)29-16-25-26-17-29/h5-12,16-17,22-23H,3-4,13-15H2,1-2H3,(H,27,30)/t22-,23+/m1/s1. The molecule has 7 nitrogen and oxygen atoms in total. The number of hydrogen-bond acceptors (Lipinski definition) is 5. The lowest BCUT2D eigenvalue weighted by Gasteiger charge is -2.36. The molecule has 1 aliphatic rings. The van der Waals surface area contributed by atoms with Gasteiger partial charge in [-0.15, -0.1) is 10.2 Å². The highest BCUT2D eigenvalue weighted by molar-refractivity contribution is 6.04. The van der Waals surface area contributed by atoms with Gasteiger partial charge in [-0.3, -0.25) is 9.36 Å². The van der Waals surface area contributed by atoms with Crippen LogP contribution in [0.25, 0.3) is 5.69 Å². The third-order valence-corrected chi connectivity index (χ3v) is 5.97. The summed E-state index contributed by atoms with van der Waals surface area (Å²) in [5, 5.41) is 10.6. The van der Waals surface area contributed by atoms with E-state index in [1.54, 1.807) is 29.4 Å². The maximum atomic E-state index is 12.6. The number of ether oxygens (including phenoxy) is 1. The van der Waals surface area contributed by atoms with Crippen LogP contribution < -0.4 is 5.32 Å². The summed E-state index contributed by atoms with van der Waals surface area (Å²) in [6, 6.07) is 15.9. The summed E-state index contributed by atoms with van der Waals surface area (Å²) in [5.41, 5.74) is 3.43. The molecule has 0 saturated carbocycles. The lowest BCUT2D eigenvalue weighted by atomic mass is 9.96. The van der Waals surface area contributed by atoms with Crippen LogP contribution in [-0.2, 0) is 4.74 Å². The molecule has 3 aromatic rings. The lowest BCUT2D eigenvalue weighted by Crippen LogP contribution is -2.40. The predicted molar refractivity (Wildman–Crippen MR) is 120 cm³/mol. The minimum Gasteiger partial charge on any atom is -0.373 e. The monoisotopic (exact) mass is 419 g/mol. The van der Waals surface area contributed by atoms with Crippen LogP contribution in [-0.4, -0.2) is 51.3 Å². The van der Waals surface area contributed by atoms with E-state index in [2.05, 4.69) is 46.4 Å². The molecule has 1 fully saturated rings. The molecule has 2 atom stereocenters. The van der Waals surface area contributed by atoms with Gasteiger partial charge in [0.25, 0.3) is 5.91 Å². The summed E-state index contributed by atoms with van der Waals surface area (Å²) in [7, 11) is 0. The Morgan fingerprint density at radius 1 is 1.06 bits per heavy atom. The third kappa shape index (κ3) is 5.00. The smallest absolute Gasteiger partial charge is 0.255 e. The number of carbonyl (C=O) groups excluding carboxylic acids is 1. The number of carbonyl (C=O) groups is 1. The van der Waals surface area contributed by atoms with Gasteiger partial charge in [0.05, 0.1) is 6.10 Å². The van der Waals surface area contributed by atoms with Crippen LogP contribution in [0.5, 0.6) is 0 Å². The van der Waals surface area contributed by atoms with E-state index < -0.39 is 0 Å². The molecule has 2 aromatic carbocycles. The molecular weight excluding hydrogens is 390 g/mol. The molecule has 162 valence electrons. The molecule has 31 heavy (non-hydrogen) atoms. The zero-order valence-electron chi connectivity index (χ0n) is 18.1. The molecule has 1 N–H and O–H groups in total. The van der Waals surface area contributed by atoms with Crippen molar-refractivity contribution in [3.63, 3.8) is 0 Å². The molecule has 4 rings (SSSR count). The number of nitrogens with one attached hydrogen (secondary N) is 1. The number of anilines is 1. The van der Waals surface area contributed by atoms with E-state index in [-0.39, 0.29) is 12.0 Å². The highest BCUT2D eigenvalue weighted by atomic mass is 16.5. The van der Waals surface area contributed by atoms with E-state index >= 15 is 0 Å². The first-order valence-corrected chi connectivity index (χ1v) is 10.9. The number of amides is 1. The van der Waals surface area contributed by atoms with Crippen molar-refractivity contribution >= 4 is 11.6 Å². The van der Waals surface area contributed by atoms with Crippen molar-refractivity contribution in [1.29, 1.82) is 0 Å². The van der Waals surface area contributed by atoms with Crippen molar-refractivity contribution in [1.82, 2.24) is 19.7 Å². The average molecular weight is 420 g/mol. The Kier molecular flexibility index (Phi) is 6.74. The molecule has 2 heterocycles. The van der Waals surface area contributed by atoms with Crippen molar-refractivity contribution in [3.05, 3.63) is 72.3 Å². The van der Waals surface area contributed by atoms with Crippen molar-refractivity contribution in [3.8, 4) is 5.69 Å². The molecule has 0 radical (unpaired) electrons. The van der Waals surface area contributed by atoms with Crippen LogP contribution in [0.1, 0.15) is 48.7 Å². The second kappa shape index (κ2) is 9.85. The van der Waals surface area contributed by atoms with Gasteiger partial charge in [-0.1, -0.05) is 26.0 Å². The fourth-order valence-electron chi connectivity index (χ4n) is 4.19. The van der Waals surface area contributed by atoms with Gasteiger partial charge < -0.3 is 15.0 Å². The highest BCUT2D eigenvalue weighted by Crippen LogP contribution is 2.31. The Morgan fingerprint density at radius 3 is 2.39 bits per heavy atom. The molecule has 1 aromatic heterocycles. The lowest BCUT2D eigenvalue weighted by molar-refractivity contribution is -0.0265. The van der Waals surface area contributed by atoms with Crippen LogP contribution in [0.15, 0.2) is 61.2 Å². The predicted octanol–water partition coefficient (Wildman–Crippen LogP) is 4.08. The van der Waals surface area contributed by atoms with Crippen molar-refractivity contribution in [2.75, 3.05) is 25.0 Å². The summed E-state index contributed by atoms with van der Waals surface area (Å²) in [5.74, 6) is -0.140. The molecule has 1 saturated heterocycles. The maximum absolute atomic E-state index is 12.6. The second-order valence-electron chi connectivity index (χ2n) is 7.75. The van der Waals surface area contributed by atoms with E-state index in [1.807, 2.05) is 24.3 Å². The molecule has 0 unspecified atom stereocenters. The van der Waals surface area contributed by atoms with Gasteiger partial charge in [0.1, 0.15) is 12.7 Å². The SMILES string of the molecule is CCN(CC)[C@@H]1CCO[C@H](c2ccc(NC(=O)c3ccc(-n4cnnc4)cc3)cc2)C1. The Balaban J connectivity index is 1.37. The Hall–Kier alpha value is -3.03. The van der Waals surface area contributed by atoms with Gasteiger partial charge in [0.2, 0.25) is 0 Å². The minimum atomic E-state index is -0.140. The van der Waals surface area contributed by atoms with Gasteiger partial charge in [0.15, 0.2) is 0 Å². The summed E-state index contributed by atoms with van der Waals surface area (Å²) in [4.78, 5) is 15.1. The van der Waals surface area contributed by atoms with Crippen LogP contribution in [0, 0.1) is 0 Å². The average Bonchev–Trinajstić information content (AvgIpc) is 3.36. The molecular formula is C24H29N5O2. The van der Waals surface area contributed by atoms with E-state index in [4.69, 9.17) is 4.74 Å². The molecule has 1 aliphatic heterocycles. The minimum absolute atomic E-state index is 0.106. The molecule has 0 aliphatic carbocycles. The fourth-order valence-corrected chi connectivity index (χ4v) is 4.19. The van der Waals surface area contributed by atoms with Crippen LogP contribution in [0.2, 0.25) is 0 Å². The van der Waals surface area contributed by atoms with Crippen LogP contribution in [0.3, 0.4) is 0 Å². The first-order chi connectivity index (χ1) is 15.2. The largest absolute Gasteiger partial charge is 0.373 e. The normalized spacial score (nSPS) is 18.8. The quantitative estimate of drug-likeness (QED) is 0.625. The van der Waals surface area contributed by atoms with Crippen molar-refractivity contribution in [2.24, 2.45) is 0 Å². The van der Waals surface area contributed by atoms with Gasteiger partial charge in [-0.25, -0.2) is 0 Å². The van der Waals surface area contributed by atoms with Crippen LogP contribution in [0.4, 0.5) is 5.69 Å². The molecule has 0 bridgehead atoms. The molecule has 0 spiro atoms. The van der Waals surface area contributed by atoms with E-state index in [0.29, 0.717) is 11.6 Å². The second-order valence-corrected chi connectivity index (χ2v) is 7.75. The number of hydrogen-bond donors (Lipinski definition) is 1. The Bertz CT molecular complexity index is 966. The fraction of sp³-hybridized carbons (Fsp3) is 0.375.